The number of nitrogens with zero attached hydrogens (tertiary/aromatic N) is 5. The highest BCUT2D eigenvalue weighted by Gasteiger charge is 2.37. The number of para-hydroxylation sites is 1. The van der Waals surface area contributed by atoms with E-state index in [2.05, 4.69) is 55.3 Å². The number of aryl methyl sites for hydroxylation is 2. The number of amides is 1. The fourth-order valence-corrected chi connectivity index (χ4v) is 6.06. The number of benzene rings is 2. The molecule has 8 heteroatoms. The fourth-order valence-electron chi connectivity index (χ4n) is 5.81. The van der Waals surface area contributed by atoms with Crippen LogP contribution < -0.4 is 4.90 Å². The van der Waals surface area contributed by atoms with Crippen molar-refractivity contribution in [3.05, 3.63) is 88.7 Å². The Hall–Kier alpha value is -3.71. The molecule has 1 saturated heterocycles. The molecule has 5 rings (SSSR count). The summed E-state index contributed by atoms with van der Waals surface area (Å²) < 4.78 is 15.0. The predicted octanol–water partition coefficient (Wildman–Crippen LogP) is 6.63. The lowest BCUT2D eigenvalue weighted by Gasteiger charge is -2.46. The minimum Gasteiger partial charge on any atom is -0.350 e. The first-order chi connectivity index (χ1) is 19.3. The van der Waals surface area contributed by atoms with Crippen LogP contribution in [0.1, 0.15) is 44.4 Å². The number of piperazine rings is 1. The zero-order chi connectivity index (χ0) is 28.6. The molecule has 0 aliphatic carbocycles. The Morgan fingerprint density at radius 2 is 1.75 bits per heavy atom. The first-order valence-corrected chi connectivity index (χ1v) is 14.2. The Bertz CT molecular complexity index is 1470. The van der Waals surface area contributed by atoms with Gasteiger partial charge in [0, 0.05) is 30.7 Å². The fraction of sp³-hybridized carbons (Fsp3) is 0.344. The van der Waals surface area contributed by atoms with Crippen molar-refractivity contribution in [2.45, 2.75) is 52.6 Å². The first-order valence-electron chi connectivity index (χ1n) is 13.9. The second kappa shape index (κ2) is 11.4. The van der Waals surface area contributed by atoms with Crippen molar-refractivity contribution in [2.24, 2.45) is 4.99 Å². The standard InChI is InChI=1S/C32H35ClFN5O/c1-6-22-12-11-13-23(7-2)30(22)39-19-35-31(38-18-20(4)37(17-21(38)5)28(40)8-3)25-16-26(33)29(36-32(25)39)24-14-9-10-15-27(24)34/h8-16,20-21H,3,6-7,17-19H2,1-2,4-5H3/t20-,21+/m1/s1. The molecule has 1 fully saturated rings. The maximum atomic E-state index is 15.0. The summed E-state index contributed by atoms with van der Waals surface area (Å²) in [6.45, 7) is 13.6. The van der Waals surface area contributed by atoms with Gasteiger partial charge in [-0.05, 0) is 62.1 Å². The molecule has 0 bridgehead atoms. The minimum absolute atomic E-state index is 0.0115. The van der Waals surface area contributed by atoms with E-state index in [9.17, 15) is 9.18 Å². The third kappa shape index (κ3) is 4.87. The zero-order valence-corrected chi connectivity index (χ0v) is 24.2. The molecule has 208 valence electrons. The van der Waals surface area contributed by atoms with Crippen molar-refractivity contribution in [1.29, 1.82) is 0 Å². The van der Waals surface area contributed by atoms with Gasteiger partial charge in [-0.3, -0.25) is 4.79 Å². The molecule has 2 atom stereocenters. The number of halogens is 2. The van der Waals surface area contributed by atoms with Gasteiger partial charge in [0.05, 0.1) is 22.0 Å². The van der Waals surface area contributed by atoms with Gasteiger partial charge in [-0.15, -0.1) is 0 Å². The number of hydrogen-bond donors (Lipinski definition) is 0. The zero-order valence-electron chi connectivity index (χ0n) is 23.5. The van der Waals surface area contributed by atoms with E-state index in [4.69, 9.17) is 21.6 Å². The lowest BCUT2D eigenvalue weighted by atomic mass is 9.99. The molecule has 3 heterocycles. The molecular formula is C32H35ClFN5O. The summed E-state index contributed by atoms with van der Waals surface area (Å²) in [4.78, 5) is 28.9. The van der Waals surface area contributed by atoms with Gasteiger partial charge < -0.3 is 14.7 Å². The molecule has 2 aliphatic rings. The van der Waals surface area contributed by atoms with Crippen LogP contribution in [-0.2, 0) is 17.6 Å². The van der Waals surface area contributed by atoms with Crippen LogP contribution in [0.3, 0.4) is 0 Å². The van der Waals surface area contributed by atoms with Gasteiger partial charge in [-0.25, -0.2) is 14.4 Å². The molecule has 0 unspecified atom stereocenters. The van der Waals surface area contributed by atoms with Gasteiger partial charge in [0.25, 0.3) is 0 Å². The molecule has 2 aromatic carbocycles. The highest BCUT2D eigenvalue weighted by Crippen LogP contribution is 2.41. The van der Waals surface area contributed by atoms with Gasteiger partial charge in [-0.2, -0.15) is 0 Å². The number of hydrogen-bond acceptors (Lipinski definition) is 5. The molecule has 1 aromatic heterocycles. The Labute approximate surface area is 240 Å². The van der Waals surface area contributed by atoms with Crippen LogP contribution in [0, 0.1) is 5.82 Å². The van der Waals surface area contributed by atoms with E-state index in [0.29, 0.717) is 41.9 Å². The second-order valence-corrected chi connectivity index (χ2v) is 10.8. The number of carbonyl (C=O) groups is 1. The van der Waals surface area contributed by atoms with Crippen molar-refractivity contribution in [3.63, 3.8) is 0 Å². The lowest BCUT2D eigenvalue weighted by Crippen LogP contribution is -2.59. The normalized spacial score (nSPS) is 18.9. The Balaban J connectivity index is 1.67. The number of fused-ring (bicyclic) bond motifs is 1. The molecule has 0 saturated carbocycles. The van der Waals surface area contributed by atoms with Gasteiger partial charge in [-0.1, -0.05) is 62.4 Å². The van der Waals surface area contributed by atoms with Crippen LogP contribution in [0.25, 0.3) is 11.3 Å². The molecule has 2 aliphatic heterocycles. The van der Waals surface area contributed by atoms with Gasteiger partial charge in [0.2, 0.25) is 5.91 Å². The van der Waals surface area contributed by atoms with E-state index in [0.717, 1.165) is 29.9 Å². The average Bonchev–Trinajstić information content (AvgIpc) is 2.97. The number of aromatic nitrogens is 1. The number of anilines is 2. The molecule has 0 radical (unpaired) electrons. The van der Waals surface area contributed by atoms with E-state index in [1.165, 1.54) is 23.3 Å². The highest BCUT2D eigenvalue weighted by atomic mass is 35.5. The topological polar surface area (TPSA) is 52.0 Å². The molecule has 1 amide bonds. The van der Waals surface area contributed by atoms with Crippen LogP contribution in [0.4, 0.5) is 15.9 Å². The maximum Gasteiger partial charge on any atom is 0.246 e. The van der Waals surface area contributed by atoms with Crippen LogP contribution in [0.5, 0.6) is 0 Å². The summed E-state index contributed by atoms with van der Waals surface area (Å²) in [6, 6.07) is 14.8. The minimum atomic E-state index is -0.373. The lowest BCUT2D eigenvalue weighted by molar-refractivity contribution is -0.130. The van der Waals surface area contributed by atoms with Gasteiger partial charge in [0.1, 0.15) is 24.1 Å². The van der Waals surface area contributed by atoms with Gasteiger partial charge in [0.15, 0.2) is 0 Å². The predicted molar refractivity (Wildman–Crippen MR) is 161 cm³/mol. The molecule has 6 nitrogen and oxygen atoms in total. The summed E-state index contributed by atoms with van der Waals surface area (Å²) in [6.07, 6.45) is 3.08. The maximum absolute atomic E-state index is 15.0. The summed E-state index contributed by atoms with van der Waals surface area (Å²) in [5.41, 5.74) is 5.05. The SMILES string of the molecule is C=CC(=O)N1C[C@H](C)N(C2=NCN(c3c(CC)cccc3CC)c3nc(-c4ccccc4F)c(Cl)cc32)C[C@H]1C. The van der Waals surface area contributed by atoms with Crippen LogP contribution in [0.2, 0.25) is 5.02 Å². The molecule has 0 N–H and O–H groups in total. The number of carbonyl (C=O) groups excluding carboxylic acids is 1. The summed E-state index contributed by atoms with van der Waals surface area (Å²) in [5, 5.41) is 0.360. The second-order valence-electron chi connectivity index (χ2n) is 10.4. The van der Waals surface area contributed by atoms with E-state index < -0.39 is 0 Å². The highest BCUT2D eigenvalue weighted by molar-refractivity contribution is 6.33. The largest absolute Gasteiger partial charge is 0.350 e. The Morgan fingerprint density at radius 1 is 1.05 bits per heavy atom. The van der Waals surface area contributed by atoms with Crippen LogP contribution in [0.15, 0.2) is 66.2 Å². The quantitative estimate of drug-likeness (QED) is 0.329. The van der Waals surface area contributed by atoms with Crippen molar-refractivity contribution in [3.8, 4) is 11.3 Å². The van der Waals surface area contributed by atoms with E-state index in [1.807, 2.05) is 17.9 Å². The third-order valence-corrected chi connectivity index (χ3v) is 8.18. The average molecular weight is 560 g/mol. The van der Waals surface area contributed by atoms with E-state index >= 15 is 0 Å². The summed E-state index contributed by atoms with van der Waals surface area (Å²) in [7, 11) is 0. The summed E-state index contributed by atoms with van der Waals surface area (Å²) in [5.74, 6) is 1.05. The number of amidine groups is 1. The molecule has 0 spiro atoms. The smallest absolute Gasteiger partial charge is 0.246 e. The van der Waals surface area contributed by atoms with Crippen LogP contribution >= 0.6 is 11.6 Å². The first kappa shape index (κ1) is 27.8. The van der Waals surface area contributed by atoms with E-state index in [-0.39, 0.29) is 23.8 Å². The van der Waals surface area contributed by atoms with Gasteiger partial charge >= 0.3 is 0 Å². The monoisotopic (exact) mass is 559 g/mol. The Morgan fingerprint density at radius 3 is 2.40 bits per heavy atom. The molecule has 3 aromatic rings. The molecular weight excluding hydrogens is 525 g/mol. The van der Waals surface area contributed by atoms with Crippen LogP contribution in [-0.4, -0.2) is 58.4 Å². The number of pyridine rings is 1. The summed E-state index contributed by atoms with van der Waals surface area (Å²) >= 11 is 6.85. The van der Waals surface area contributed by atoms with Crippen molar-refractivity contribution < 1.29 is 9.18 Å². The number of rotatable bonds is 5. The number of aliphatic imine (C=N–C) groups is 1. The third-order valence-electron chi connectivity index (χ3n) is 7.89. The van der Waals surface area contributed by atoms with Crippen molar-refractivity contribution in [2.75, 3.05) is 24.7 Å². The Kier molecular flexibility index (Phi) is 7.95. The van der Waals surface area contributed by atoms with E-state index in [1.54, 1.807) is 18.2 Å². The van der Waals surface area contributed by atoms with Crippen molar-refractivity contribution >= 4 is 34.8 Å². The van der Waals surface area contributed by atoms with Crippen molar-refractivity contribution in [1.82, 2.24) is 14.8 Å². The molecule has 40 heavy (non-hydrogen) atoms.